The van der Waals surface area contributed by atoms with Gasteiger partial charge < -0.3 is 54.8 Å². The van der Waals surface area contributed by atoms with Crippen LogP contribution in [-0.4, -0.2) is 107 Å². The number of carboxylic acids is 1. The molecule has 8 atom stereocenters. The van der Waals surface area contributed by atoms with Gasteiger partial charge in [0, 0.05) is 43.6 Å². The van der Waals surface area contributed by atoms with Gasteiger partial charge in [-0.25, -0.2) is 4.79 Å². The predicted octanol–water partition coefficient (Wildman–Crippen LogP) is 5.96. The first kappa shape index (κ1) is 75.9. The Morgan fingerprint density at radius 1 is 0.463 bits per heavy atom. The summed E-state index contributed by atoms with van der Waals surface area (Å²) in [5.74, 6) is -6.61. The molecule has 0 unspecified atom stereocenters. The quantitative estimate of drug-likeness (QED) is 0.0299. The number of nitrogens with one attached hydrogen (secondary N) is 4. The minimum atomic E-state index is -1.29. The van der Waals surface area contributed by atoms with Crippen molar-refractivity contribution < 1.29 is 48.9 Å². The Morgan fingerprint density at radius 2 is 0.838 bits per heavy atom. The summed E-state index contributed by atoms with van der Waals surface area (Å²) < 4.78 is 0. The first-order valence-corrected chi connectivity index (χ1v) is 27.8. The molecule has 15 N–H and O–H groups in total. The first-order chi connectivity index (χ1) is 36.8. The second-order valence-electron chi connectivity index (χ2n) is 20.8. The summed E-state index contributed by atoms with van der Waals surface area (Å²) in [5.41, 5.74) is 26.8. The molecule has 0 aliphatic heterocycles. The number of ketones is 3. The van der Waals surface area contributed by atoms with Gasteiger partial charge in [0.25, 0.3) is 0 Å². The van der Waals surface area contributed by atoms with Gasteiger partial charge in [0.15, 0.2) is 17.3 Å². The zero-order chi connectivity index (χ0) is 57.3. The van der Waals surface area contributed by atoms with Crippen LogP contribution in [0.4, 0.5) is 0 Å². The number of unbranched alkanes of at least 4 members (excludes halogenated alkanes) is 1. The van der Waals surface area contributed by atoms with E-state index in [-0.39, 0.29) is 120 Å². The van der Waals surface area contributed by atoms with Crippen LogP contribution < -0.4 is 44.2 Å². The highest BCUT2D eigenvalue weighted by atomic mass is 16.4. The second kappa shape index (κ2) is 42.7. The highest BCUT2D eigenvalue weighted by Gasteiger charge is 2.34. The van der Waals surface area contributed by atoms with Gasteiger partial charge in [0.1, 0.15) is 6.04 Å². The molecule has 3 aromatic rings. The number of Topliss-reactive ketones (excluding diaryl/α,β-unsaturated/α-hetero) is 3. The average Bonchev–Trinajstić information content (AvgIpc) is 3.40. The summed E-state index contributed by atoms with van der Waals surface area (Å²) >= 11 is 0. The third kappa shape index (κ3) is 29.9. The standard InChI is InChI=1S/C58H86N8O9.C2H6.2CH4.H2O/c1-38(2)30-49(65-56(72)45(32-40-18-8-5-9-19-40)37-51(67)46(61)33-41-20-10-6-11-21-41)52(68)35-43(24-16-27-59)54(70)63-29-15-14-26-48(58(74)75)64-55(71)44(25-17-28-60)36-53(69)50(31-39(3)4)66-57(73)47(62)34-42-22-12-7-13-23-42;1-2;;;/h5-13,18-23,38-39,43-50H,14-17,24-37,59-62H2,1-4H3,(H,63,70)(H,64,71)(H,65,72)(H,66,73)(H,74,75);1-2H3;2*1H4;1H2/t43-,44-,45-,46+,47+,48+,49+,50+;;;;/m0..../s1. The second-order valence-corrected chi connectivity index (χ2v) is 20.8. The summed E-state index contributed by atoms with van der Waals surface area (Å²) in [6.07, 6.45) is 3.02. The van der Waals surface area contributed by atoms with Gasteiger partial charge in [-0.15, -0.1) is 0 Å². The minimum Gasteiger partial charge on any atom is -0.480 e. The van der Waals surface area contributed by atoms with Crippen LogP contribution in [0.2, 0.25) is 0 Å². The maximum absolute atomic E-state index is 14.1. The van der Waals surface area contributed by atoms with E-state index in [1.54, 1.807) is 0 Å². The summed E-state index contributed by atoms with van der Waals surface area (Å²) in [6, 6.07) is 23.1. The van der Waals surface area contributed by atoms with Crippen molar-refractivity contribution in [3.8, 4) is 0 Å². The van der Waals surface area contributed by atoms with Gasteiger partial charge in [-0.2, -0.15) is 0 Å². The number of amides is 4. The van der Waals surface area contributed by atoms with Crippen LogP contribution in [0.1, 0.15) is 150 Å². The number of carbonyl (C=O) groups excluding carboxylic acids is 7. The summed E-state index contributed by atoms with van der Waals surface area (Å²) in [5, 5.41) is 21.4. The highest BCUT2D eigenvalue weighted by Crippen LogP contribution is 2.21. The molecule has 0 bridgehead atoms. The van der Waals surface area contributed by atoms with E-state index in [0.29, 0.717) is 51.4 Å². The molecule has 0 aromatic heterocycles. The van der Waals surface area contributed by atoms with Crippen molar-refractivity contribution in [2.45, 2.75) is 183 Å². The number of rotatable bonds is 38. The Balaban J connectivity index is 0. The van der Waals surface area contributed by atoms with E-state index in [1.807, 2.05) is 133 Å². The molecule has 18 heteroatoms. The Labute approximate surface area is 478 Å². The van der Waals surface area contributed by atoms with Crippen molar-refractivity contribution >= 4 is 46.9 Å². The van der Waals surface area contributed by atoms with E-state index < -0.39 is 71.7 Å². The predicted molar refractivity (Wildman–Crippen MR) is 320 cm³/mol. The average molecular weight is 1120 g/mol. The third-order valence-electron chi connectivity index (χ3n) is 13.3. The number of benzene rings is 3. The molecule has 3 aromatic carbocycles. The highest BCUT2D eigenvalue weighted by molar-refractivity contribution is 5.96. The molecule has 0 heterocycles. The third-order valence-corrected chi connectivity index (χ3v) is 13.3. The monoisotopic (exact) mass is 1120 g/mol. The van der Waals surface area contributed by atoms with Gasteiger partial charge in [-0.3, -0.25) is 33.6 Å². The number of carbonyl (C=O) groups is 8. The number of hydrogen-bond acceptors (Lipinski definition) is 12. The van der Waals surface area contributed by atoms with Gasteiger partial charge >= 0.3 is 5.97 Å². The number of aliphatic carboxylic acids is 1. The van der Waals surface area contributed by atoms with Gasteiger partial charge in [0.05, 0.1) is 24.2 Å². The zero-order valence-electron chi connectivity index (χ0n) is 47.2. The number of nitrogens with two attached hydrogens (primary N) is 4. The summed E-state index contributed by atoms with van der Waals surface area (Å²) in [7, 11) is 0. The molecule has 80 heavy (non-hydrogen) atoms. The molecule has 0 radical (unpaired) electrons. The Hall–Kier alpha value is -6.18. The zero-order valence-corrected chi connectivity index (χ0v) is 47.2. The lowest BCUT2D eigenvalue weighted by atomic mass is 9.88. The van der Waals surface area contributed by atoms with Crippen molar-refractivity contribution in [3.63, 3.8) is 0 Å². The SMILES string of the molecule is C.C.CC.CC(C)C[C@@H](NC(=O)[C@H](CC(=O)[C@H](N)Cc1ccccc1)Cc1ccccc1)C(=O)C[C@H](CCCN)C(=O)NCCCC[C@@H](NC(=O)[C@@H](CCCN)CC(=O)[C@@H](CC(C)C)NC(=O)[C@H](N)Cc1ccccc1)C(=O)O.O. The lowest BCUT2D eigenvalue weighted by molar-refractivity contribution is -0.143. The number of hydrogen-bond donors (Lipinski definition) is 9. The van der Waals surface area contributed by atoms with Crippen molar-refractivity contribution in [1.82, 2.24) is 21.3 Å². The van der Waals surface area contributed by atoms with E-state index in [0.717, 1.165) is 16.7 Å². The molecule has 0 saturated carbocycles. The van der Waals surface area contributed by atoms with Crippen molar-refractivity contribution in [2.75, 3.05) is 19.6 Å². The van der Waals surface area contributed by atoms with E-state index in [1.165, 1.54) is 0 Å². The van der Waals surface area contributed by atoms with Crippen LogP contribution in [0.3, 0.4) is 0 Å². The lowest BCUT2D eigenvalue weighted by Gasteiger charge is -2.25. The Morgan fingerprint density at radius 3 is 1.26 bits per heavy atom. The van der Waals surface area contributed by atoms with E-state index in [2.05, 4.69) is 21.3 Å². The molecular weight excluding hydrogens is 1020 g/mol. The molecular formula is C62H102N8O10. The first-order valence-electron chi connectivity index (χ1n) is 27.8. The molecule has 18 nitrogen and oxygen atoms in total. The van der Waals surface area contributed by atoms with E-state index in [4.69, 9.17) is 22.9 Å². The largest absolute Gasteiger partial charge is 0.480 e. The molecule has 0 fully saturated rings. The van der Waals surface area contributed by atoms with Crippen LogP contribution in [-0.2, 0) is 57.6 Å². The minimum absolute atomic E-state index is 0. The molecule has 0 spiro atoms. The van der Waals surface area contributed by atoms with Crippen LogP contribution in [0, 0.1) is 29.6 Å². The van der Waals surface area contributed by atoms with Gasteiger partial charge in [-0.05, 0) is 119 Å². The summed E-state index contributed by atoms with van der Waals surface area (Å²) in [6.45, 7) is 12.4. The van der Waals surface area contributed by atoms with Crippen molar-refractivity contribution in [2.24, 2.45) is 52.5 Å². The smallest absolute Gasteiger partial charge is 0.326 e. The Kier molecular flexibility index (Phi) is 40.5. The van der Waals surface area contributed by atoms with Gasteiger partial charge in [0.2, 0.25) is 23.6 Å². The molecule has 450 valence electrons. The topological polar surface area (TPSA) is 340 Å². The molecule has 0 saturated heterocycles. The fourth-order valence-corrected chi connectivity index (χ4v) is 9.07. The van der Waals surface area contributed by atoms with E-state index >= 15 is 0 Å². The normalized spacial score (nSPS) is 13.8. The van der Waals surface area contributed by atoms with Gasteiger partial charge in [-0.1, -0.05) is 147 Å². The molecule has 0 aliphatic carbocycles. The fraction of sp³-hybridized carbons (Fsp3) is 0.581. The Bertz CT molecular complexity index is 2230. The summed E-state index contributed by atoms with van der Waals surface area (Å²) in [4.78, 5) is 109. The lowest BCUT2D eigenvalue weighted by Crippen LogP contribution is -2.50. The maximum atomic E-state index is 14.1. The molecule has 4 amide bonds. The number of carboxylic acid groups (broad SMARTS) is 1. The van der Waals surface area contributed by atoms with E-state index in [9.17, 15) is 43.5 Å². The van der Waals surface area contributed by atoms with Crippen LogP contribution in [0.25, 0.3) is 0 Å². The molecule has 3 rings (SSSR count). The van der Waals surface area contributed by atoms with Crippen molar-refractivity contribution in [1.29, 1.82) is 0 Å². The fourth-order valence-electron chi connectivity index (χ4n) is 9.07. The van der Waals surface area contributed by atoms with Crippen molar-refractivity contribution in [3.05, 3.63) is 108 Å². The van der Waals surface area contributed by atoms with Crippen LogP contribution in [0.5, 0.6) is 0 Å². The van der Waals surface area contributed by atoms with Crippen LogP contribution >= 0.6 is 0 Å². The molecule has 0 aliphatic rings. The maximum Gasteiger partial charge on any atom is 0.326 e. The van der Waals surface area contributed by atoms with Crippen LogP contribution in [0.15, 0.2) is 91.0 Å².